The number of carbonyl (C=O) groups is 2. The summed E-state index contributed by atoms with van der Waals surface area (Å²) in [6.07, 6.45) is 3.21. The molecule has 6 rings (SSSR count). The van der Waals surface area contributed by atoms with E-state index in [2.05, 4.69) is 92.9 Å². The van der Waals surface area contributed by atoms with Gasteiger partial charge < -0.3 is 19.9 Å². The molecule has 0 saturated carbocycles. The highest BCUT2D eigenvalue weighted by Gasteiger charge is 2.28. The minimum absolute atomic E-state index is 0.0393. The van der Waals surface area contributed by atoms with Gasteiger partial charge in [-0.3, -0.25) is 9.69 Å². The maximum Gasteiger partial charge on any atom is 0.410 e. The van der Waals surface area contributed by atoms with Crippen molar-refractivity contribution in [2.75, 3.05) is 39.8 Å². The van der Waals surface area contributed by atoms with Crippen LogP contribution in [0, 0.1) is 5.92 Å². The zero-order valence-corrected chi connectivity index (χ0v) is 30.0. The van der Waals surface area contributed by atoms with Gasteiger partial charge >= 0.3 is 6.09 Å². The van der Waals surface area contributed by atoms with Crippen LogP contribution >= 0.6 is 9.24 Å². The summed E-state index contributed by atoms with van der Waals surface area (Å²) in [5.74, 6) is 0.647. The minimum atomic E-state index is -0.251. The van der Waals surface area contributed by atoms with Crippen molar-refractivity contribution in [3.63, 3.8) is 0 Å². The molecule has 0 spiro atoms. The number of benzene rings is 4. The molecule has 0 bridgehead atoms. The number of amides is 2. The summed E-state index contributed by atoms with van der Waals surface area (Å²) < 4.78 is 5.60. The standard InChI is InChI=1S/C41H49N4O3P/c1-30-27-44(20-21-45(30)41(47)48-29-32-8-4-3-5-9-32)28-35-11-7-12-36(24-35)38-25-34(14-15-39(38)49)26-42-40(46)37-13-6-10-33(23-37)22-31-16-18-43(2)19-17-31/h3-15,23-25,30-31H,16-22,26-29,49H2,1-2H3,(H,42,46). The molecule has 256 valence electrons. The molecule has 2 amide bonds. The summed E-state index contributed by atoms with van der Waals surface area (Å²) in [6, 6.07) is 33.0. The first kappa shape index (κ1) is 34.8. The molecule has 0 aliphatic carbocycles. The molecular weight excluding hydrogens is 627 g/mol. The van der Waals surface area contributed by atoms with Gasteiger partial charge in [0.05, 0.1) is 0 Å². The Morgan fingerprint density at radius 2 is 1.57 bits per heavy atom. The van der Waals surface area contributed by atoms with E-state index < -0.39 is 0 Å². The molecule has 2 unspecified atom stereocenters. The van der Waals surface area contributed by atoms with Crippen LogP contribution in [-0.4, -0.2) is 72.5 Å². The number of ether oxygens (including phenoxy) is 1. The normalized spacial score (nSPS) is 17.5. The summed E-state index contributed by atoms with van der Waals surface area (Å²) in [4.78, 5) is 32.6. The summed E-state index contributed by atoms with van der Waals surface area (Å²) in [5.41, 5.74) is 7.53. The number of rotatable bonds is 10. The number of hydrogen-bond acceptors (Lipinski definition) is 5. The van der Waals surface area contributed by atoms with E-state index in [1.54, 1.807) is 0 Å². The molecule has 2 fully saturated rings. The second kappa shape index (κ2) is 16.6. The highest BCUT2D eigenvalue weighted by Crippen LogP contribution is 2.25. The van der Waals surface area contributed by atoms with E-state index in [0.717, 1.165) is 72.3 Å². The Labute approximate surface area is 293 Å². The lowest BCUT2D eigenvalue weighted by Gasteiger charge is -2.39. The smallest absolute Gasteiger partial charge is 0.410 e. The number of carbonyl (C=O) groups excluding carboxylic acids is 2. The molecule has 4 aromatic rings. The summed E-state index contributed by atoms with van der Waals surface area (Å²) in [6.45, 7) is 8.17. The van der Waals surface area contributed by atoms with Gasteiger partial charge in [-0.05, 0) is 115 Å². The Bertz CT molecular complexity index is 1720. The average Bonchev–Trinajstić information content (AvgIpc) is 3.12. The molecule has 0 radical (unpaired) electrons. The lowest BCUT2D eigenvalue weighted by molar-refractivity contribution is 0.0458. The molecule has 0 aromatic heterocycles. The van der Waals surface area contributed by atoms with E-state index in [1.807, 2.05) is 47.4 Å². The summed E-state index contributed by atoms with van der Waals surface area (Å²) >= 11 is 0. The van der Waals surface area contributed by atoms with Crippen molar-refractivity contribution in [1.82, 2.24) is 20.0 Å². The Balaban J connectivity index is 1.03. The van der Waals surface area contributed by atoms with E-state index in [4.69, 9.17) is 4.74 Å². The fraction of sp³-hybridized carbons (Fsp3) is 0.366. The number of piperazine rings is 1. The molecule has 2 heterocycles. The van der Waals surface area contributed by atoms with Crippen molar-refractivity contribution in [1.29, 1.82) is 0 Å². The monoisotopic (exact) mass is 676 g/mol. The van der Waals surface area contributed by atoms with Crippen LogP contribution in [-0.2, 0) is 30.9 Å². The van der Waals surface area contributed by atoms with E-state index in [0.29, 0.717) is 19.0 Å². The lowest BCUT2D eigenvalue weighted by atomic mass is 9.90. The summed E-state index contributed by atoms with van der Waals surface area (Å²) in [7, 11) is 5.05. The quantitative estimate of drug-likeness (QED) is 0.194. The molecule has 2 atom stereocenters. The first-order valence-electron chi connectivity index (χ1n) is 17.5. The number of piperidine rings is 1. The minimum Gasteiger partial charge on any atom is -0.445 e. The molecule has 2 aliphatic rings. The average molecular weight is 677 g/mol. The Morgan fingerprint density at radius 3 is 2.37 bits per heavy atom. The van der Waals surface area contributed by atoms with Crippen LogP contribution in [0.1, 0.15) is 52.4 Å². The Kier molecular flexibility index (Phi) is 11.8. The maximum absolute atomic E-state index is 13.2. The van der Waals surface area contributed by atoms with Gasteiger partial charge in [-0.1, -0.05) is 72.8 Å². The predicted octanol–water partition coefficient (Wildman–Crippen LogP) is 6.51. The molecule has 2 aliphatic heterocycles. The molecule has 7 nitrogen and oxygen atoms in total. The molecule has 2 saturated heterocycles. The van der Waals surface area contributed by atoms with Gasteiger partial charge in [-0.2, -0.15) is 0 Å². The van der Waals surface area contributed by atoms with E-state index in [-0.39, 0.29) is 24.6 Å². The van der Waals surface area contributed by atoms with Crippen LogP contribution in [0.25, 0.3) is 11.1 Å². The van der Waals surface area contributed by atoms with Crippen LogP contribution in [0.15, 0.2) is 97.1 Å². The van der Waals surface area contributed by atoms with Gasteiger partial charge in [0.2, 0.25) is 0 Å². The third-order valence-corrected chi connectivity index (χ3v) is 10.4. The van der Waals surface area contributed by atoms with Gasteiger partial charge in [0.25, 0.3) is 5.91 Å². The number of likely N-dealkylation sites (tertiary alicyclic amines) is 1. The van der Waals surface area contributed by atoms with Gasteiger partial charge in [-0.25, -0.2) is 4.79 Å². The van der Waals surface area contributed by atoms with Crippen molar-refractivity contribution < 1.29 is 14.3 Å². The summed E-state index contributed by atoms with van der Waals surface area (Å²) in [5, 5.41) is 4.27. The zero-order chi connectivity index (χ0) is 34.2. The fourth-order valence-corrected chi connectivity index (χ4v) is 7.38. The third-order valence-electron chi connectivity index (χ3n) is 9.92. The number of nitrogens with zero attached hydrogens (tertiary/aromatic N) is 3. The van der Waals surface area contributed by atoms with Gasteiger partial charge in [-0.15, -0.1) is 9.24 Å². The fourth-order valence-electron chi connectivity index (χ4n) is 7.03. The molecule has 4 aromatic carbocycles. The highest BCUT2D eigenvalue weighted by atomic mass is 31.0. The van der Waals surface area contributed by atoms with Crippen LogP contribution in [0.4, 0.5) is 4.79 Å². The van der Waals surface area contributed by atoms with Crippen LogP contribution in [0.3, 0.4) is 0 Å². The number of hydrogen-bond donors (Lipinski definition) is 1. The first-order chi connectivity index (χ1) is 23.8. The van der Waals surface area contributed by atoms with Crippen LogP contribution in [0.2, 0.25) is 0 Å². The Hall–Kier alpha value is -4.03. The van der Waals surface area contributed by atoms with Gasteiger partial charge in [0.15, 0.2) is 0 Å². The van der Waals surface area contributed by atoms with Gasteiger partial charge in [0.1, 0.15) is 6.61 Å². The topological polar surface area (TPSA) is 65.1 Å². The van der Waals surface area contributed by atoms with E-state index in [9.17, 15) is 9.59 Å². The second-order valence-corrected chi connectivity index (χ2v) is 14.4. The van der Waals surface area contributed by atoms with Crippen molar-refractivity contribution in [3.8, 4) is 11.1 Å². The largest absolute Gasteiger partial charge is 0.445 e. The molecule has 1 N–H and O–H groups in total. The second-order valence-electron chi connectivity index (χ2n) is 13.8. The van der Waals surface area contributed by atoms with Gasteiger partial charge in [0, 0.05) is 44.3 Å². The Morgan fingerprint density at radius 1 is 0.816 bits per heavy atom. The van der Waals surface area contributed by atoms with E-state index >= 15 is 0 Å². The van der Waals surface area contributed by atoms with Crippen LogP contribution in [0.5, 0.6) is 0 Å². The predicted molar refractivity (Wildman–Crippen MR) is 201 cm³/mol. The SMILES string of the molecule is CC1CN(Cc2cccc(-c3cc(CNC(=O)c4cccc(CC5CCN(C)CC5)c4)ccc3P)c2)CCN1C(=O)OCc1ccccc1. The maximum atomic E-state index is 13.2. The third kappa shape index (κ3) is 9.57. The number of nitrogens with one attached hydrogen (secondary N) is 1. The lowest BCUT2D eigenvalue weighted by Crippen LogP contribution is -2.53. The highest BCUT2D eigenvalue weighted by molar-refractivity contribution is 7.28. The van der Waals surface area contributed by atoms with Crippen molar-refractivity contribution >= 4 is 26.5 Å². The zero-order valence-electron chi connectivity index (χ0n) is 28.8. The van der Waals surface area contributed by atoms with Crippen LogP contribution < -0.4 is 10.6 Å². The van der Waals surface area contributed by atoms with Crippen molar-refractivity contribution in [2.45, 2.75) is 51.9 Å². The molecular formula is C41H49N4O3P. The first-order valence-corrected chi connectivity index (χ1v) is 18.1. The van der Waals surface area contributed by atoms with Crippen molar-refractivity contribution in [2.24, 2.45) is 5.92 Å². The van der Waals surface area contributed by atoms with E-state index in [1.165, 1.54) is 24.0 Å². The molecule has 8 heteroatoms. The van der Waals surface area contributed by atoms with Crippen molar-refractivity contribution in [3.05, 3.63) is 125 Å². The molecule has 49 heavy (non-hydrogen) atoms.